The van der Waals surface area contributed by atoms with Crippen LogP contribution in [-0.2, 0) is 11.2 Å². The highest BCUT2D eigenvalue weighted by molar-refractivity contribution is 5.69. The summed E-state index contributed by atoms with van der Waals surface area (Å²) in [5, 5.41) is 12.7. The SMILES string of the molecule is O=C(O)Cc1cnn(C2CCCCCC2)c1F. The van der Waals surface area contributed by atoms with Crippen molar-refractivity contribution in [2.24, 2.45) is 0 Å². The number of carbonyl (C=O) groups is 1. The second-order valence-corrected chi connectivity index (χ2v) is 4.62. The normalized spacial score (nSPS) is 17.9. The summed E-state index contributed by atoms with van der Waals surface area (Å²) in [6.07, 6.45) is 7.50. The molecule has 17 heavy (non-hydrogen) atoms. The summed E-state index contributed by atoms with van der Waals surface area (Å²) in [6.45, 7) is 0. The quantitative estimate of drug-likeness (QED) is 0.826. The molecule has 0 bridgehead atoms. The van der Waals surface area contributed by atoms with Crippen molar-refractivity contribution in [3.05, 3.63) is 17.7 Å². The Kier molecular flexibility index (Phi) is 3.76. The van der Waals surface area contributed by atoms with Gasteiger partial charge in [-0.15, -0.1) is 0 Å². The summed E-state index contributed by atoms with van der Waals surface area (Å²) in [6, 6.07) is 0.0973. The Labute approximate surface area is 99.4 Å². The monoisotopic (exact) mass is 240 g/mol. The van der Waals surface area contributed by atoms with Crippen LogP contribution < -0.4 is 0 Å². The molecule has 0 aliphatic heterocycles. The van der Waals surface area contributed by atoms with Gasteiger partial charge in [-0.25, -0.2) is 4.68 Å². The van der Waals surface area contributed by atoms with Gasteiger partial charge in [0.15, 0.2) is 0 Å². The molecule has 1 fully saturated rings. The van der Waals surface area contributed by atoms with Crippen LogP contribution in [-0.4, -0.2) is 20.9 Å². The molecule has 0 spiro atoms. The molecule has 0 saturated heterocycles. The minimum atomic E-state index is -1.02. The summed E-state index contributed by atoms with van der Waals surface area (Å²) in [5.74, 6) is -1.50. The molecule has 4 nitrogen and oxygen atoms in total. The predicted octanol–water partition coefficient (Wildman–Crippen LogP) is 2.54. The first-order chi connectivity index (χ1) is 8.18. The van der Waals surface area contributed by atoms with Gasteiger partial charge in [-0.05, 0) is 12.8 Å². The van der Waals surface area contributed by atoms with Crippen LogP contribution in [0.15, 0.2) is 6.20 Å². The first kappa shape index (κ1) is 12.1. The molecular formula is C12H17FN2O2. The summed E-state index contributed by atoms with van der Waals surface area (Å²) >= 11 is 0. The van der Waals surface area contributed by atoms with Crippen LogP contribution in [0.2, 0.25) is 0 Å². The van der Waals surface area contributed by atoms with Crippen LogP contribution in [0.25, 0.3) is 0 Å². The molecule has 1 aromatic heterocycles. The Morgan fingerprint density at radius 3 is 2.65 bits per heavy atom. The number of aromatic nitrogens is 2. The Morgan fingerprint density at radius 1 is 1.41 bits per heavy atom. The molecule has 1 aliphatic carbocycles. The van der Waals surface area contributed by atoms with Gasteiger partial charge in [0.2, 0.25) is 5.95 Å². The van der Waals surface area contributed by atoms with E-state index >= 15 is 0 Å². The van der Waals surface area contributed by atoms with Crippen LogP contribution in [0, 0.1) is 5.95 Å². The van der Waals surface area contributed by atoms with Gasteiger partial charge in [-0.3, -0.25) is 4.79 Å². The van der Waals surface area contributed by atoms with E-state index in [1.165, 1.54) is 23.7 Å². The first-order valence-electron chi connectivity index (χ1n) is 6.12. The molecular weight excluding hydrogens is 223 g/mol. The van der Waals surface area contributed by atoms with Crippen molar-refractivity contribution in [1.29, 1.82) is 0 Å². The highest BCUT2D eigenvalue weighted by Gasteiger charge is 2.21. The van der Waals surface area contributed by atoms with Crippen LogP contribution in [0.1, 0.15) is 50.1 Å². The van der Waals surface area contributed by atoms with Gasteiger partial charge in [0.1, 0.15) is 0 Å². The van der Waals surface area contributed by atoms with Crippen molar-refractivity contribution >= 4 is 5.97 Å². The molecule has 1 aromatic rings. The van der Waals surface area contributed by atoms with Gasteiger partial charge in [0.25, 0.3) is 0 Å². The molecule has 1 aliphatic rings. The summed E-state index contributed by atoms with van der Waals surface area (Å²) in [5.41, 5.74) is 0.182. The number of hydrogen-bond acceptors (Lipinski definition) is 2. The maximum Gasteiger partial charge on any atom is 0.308 e. The average Bonchev–Trinajstić information content (AvgIpc) is 2.55. The number of rotatable bonds is 3. The number of hydrogen-bond donors (Lipinski definition) is 1. The molecule has 0 amide bonds. The average molecular weight is 240 g/mol. The van der Waals surface area contributed by atoms with Gasteiger partial charge in [-0.2, -0.15) is 9.49 Å². The van der Waals surface area contributed by atoms with E-state index in [1.807, 2.05) is 0 Å². The molecule has 0 radical (unpaired) electrons. The fourth-order valence-corrected chi connectivity index (χ4v) is 2.42. The van der Waals surface area contributed by atoms with Gasteiger partial charge in [-0.1, -0.05) is 25.7 Å². The lowest BCUT2D eigenvalue weighted by Gasteiger charge is -2.15. The zero-order valence-electron chi connectivity index (χ0n) is 9.73. The van der Waals surface area contributed by atoms with Crippen LogP contribution in [0.4, 0.5) is 4.39 Å². The van der Waals surface area contributed by atoms with E-state index in [-0.39, 0.29) is 18.0 Å². The number of carboxylic acids is 1. The van der Waals surface area contributed by atoms with E-state index in [0.29, 0.717) is 0 Å². The lowest BCUT2D eigenvalue weighted by Crippen LogP contribution is -2.13. The second kappa shape index (κ2) is 5.29. The highest BCUT2D eigenvalue weighted by Crippen LogP contribution is 2.28. The molecule has 1 heterocycles. The van der Waals surface area contributed by atoms with Gasteiger partial charge in [0, 0.05) is 5.56 Å². The smallest absolute Gasteiger partial charge is 0.308 e. The number of aliphatic carboxylic acids is 1. The van der Waals surface area contributed by atoms with E-state index in [4.69, 9.17) is 5.11 Å². The van der Waals surface area contributed by atoms with Crippen LogP contribution in [0.3, 0.4) is 0 Å². The second-order valence-electron chi connectivity index (χ2n) is 4.62. The van der Waals surface area contributed by atoms with E-state index in [0.717, 1.165) is 25.7 Å². The Hall–Kier alpha value is -1.39. The topological polar surface area (TPSA) is 55.1 Å². The van der Waals surface area contributed by atoms with Crippen molar-refractivity contribution in [2.45, 2.75) is 51.0 Å². The molecule has 94 valence electrons. The standard InChI is InChI=1S/C12H17FN2O2/c13-12-9(7-11(16)17)8-14-15(12)10-5-3-1-2-4-6-10/h8,10H,1-7H2,(H,16,17). The summed E-state index contributed by atoms with van der Waals surface area (Å²) < 4.78 is 15.3. The highest BCUT2D eigenvalue weighted by atomic mass is 19.1. The molecule has 0 unspecified atom stereocenters. The minimum Gasteiger partial charge on any atom is -0.481 e. The van der Waals surface area contributed by atoms with Crippen molar-refractivity contribution in [1.82, 2.24) is 9.78 Å². The van der Waals surface area contributed by atoms with Crippen molar-refractivity contribution in [3.8, 4) is 0 Å². The molecule has 1 saturated carbocycles. The van der Waals surface area contributed by atoms with Gasteiger partial charge in [0.05, 0.1) is 18.7 Å². The van der Waals surface area contributed by atoms with Crippen LogP contribution in [0.5, 0.6) is 0 Å². The van der Waals surface area contributed by atoms with Crippen molar-refractivity contribution < 1.29 is 14.3 Å². The largest absolute Gasteiger partial charge is 0.481 e. The third-order valence-corrected chi connectivity index (χ3v) is 3.32. The summed E-state index contributed by atoms with van der Waals surface area (Å²) in [4.78, 5) is 10.6. The van der Waals surface area contributed by atoms with Gasteiger partial charge < -0.3 is 5.11 Å². The molecule has 0 atom stereocenters. The molecule has 0 aromatic carbocycles. The number of nitrogens with zero attached hydrogens (tertiary/aromatic N) is 2. The first-order valence-corrected chi connectivity index (χ1v) is 6.12. The predicted molar refractivity (Wildman–Crippen MR) is 60.3 cm³/mol. The lowest BCUT2D eigenvalue weighted by atomic mass is 10.1. The third-order valence-electron chi connectivity index (χ3n) is 3.32. The molecule has 2 rings (SSSR count). The molecule has 5 heteroatoms. The number of carboxylic acid groups (broad SMARTS) is 1. The number of halogens is 1. The molecule has 1 N–H and O–H groups in total. The van der Waals surface area contributed by atoms with E-state index in [9.17, 15) is 9.18 Å². The zero-order valence-corrected chi connectivity index (χ0v) is 9.73. The maximum absolute atomic E-state index is 13.9. The maximum atomic E-state index is 13.9. The fraction of sp³-hybridized carbons (Fsp3) is 0.667. The van der Waals surface area contributed by atoms with E-state index in [1.54, 1.807) is 0 Å². The lowest BCUT2D eigenvalue weighted by molar-refractivity contribution is -0.136. The Morgan fingerprint density at radius 2 is 2.06 bits per heavy atom. The van der Waals surface area contributed by atoms with Gasteiger partial charge >= 0.3 is 5.97 Å². The third kappa shape index (κ3) is 2.84. The zero-order chi connectivity index (χ0) is 12.3. The minimum absolute atomic E-state index is 0.0973. The Balaban J connectivity index is 2.14. The fourth-order valence-electron chi connectivity index (χ4n) is 2.42. The van der Waals surface area contributed by atoms with E-state index in [2.05, 4.69) is 5.10 Å². The Bertz CT molecular complexity index is 395. The summed E-state index contributed by atoms with van der Waals surface area (Å²) in [7, 11) is 0. The van der Waals surface area contributed by atoms with Crippen LogP contribution >= 0.6 is 0 Å². The van der Waals surface area contributed by atoms with E-state index < -0.39 is 11.9 Å². The van der Waals surface area contributed by atoms with Crippen molar-refractivity contribution in [2.75, 3.05) is 0 Å². The van der Waals surface area contributed by atoms with Crippen molar-refractivity contribution in [3.63, 3.8) is 0 Å².